The van der Waals surface area contributed by atoms with Crippen LogP contribution in [0.5, 0.6) is 11.5 Å². The van der Waals surface area contributed by atoms with Crippen LogP contribution < -0.4 is 14.2 Å². The standard InChI is InChI=1S/C17H20N4O4S/c1-11-7-12(2)21-17(8-11)19-16(20-21)10-18-26(22,23)15-9-13(24-3)5-6-14(15)25-4/h5-9,18H,10H2,1-4H3. The summed E-state index contributed by atoms with van der Waals surface area (Å²) in [6, 6.07) is 8.46. The van der Waals surface area contributed by atoms with Crippen molar-refractivity contribution < 1.29 is 17.9 Å². The average Bonchev–Trinajstić information content (AvgIpc) is 3.03. The van der Waals surface area contributed by atoms with Crippen LogP contribution in [0.1, 0.15) is 17.1 Å². The van der Waals surface area contributed by atoms with Crippen molar-refractivity contribution in [3.8, 4) is 11.5 Å². The Bertz CT molecular complexity index is 1060. The number of methoxy groups -OCH3 is 2. The molecule has 1 N–H and O–H groups in total. The van der Waals surface area contributed by atoms with Gasteiger partial charge < -0.3 is 9.47 Å². The lowest BCUT2D eigenvalue weighted by Crippen LogP contribution is -2.24. The SMILES string of the molecule is COc1ccc(OC)c(S(=O)(=O)NCc2nc3cc(C)cc(C)n3n2)c1. The lowest BCUT2D eigenvalue weighted by Gasteiger charge is -2.11. The van der Waals surface area contributed by atoms with Gasteiger partial charge in [-0.05, 0) is 43.7 Å². The number of hydrogen-bond acceptors (Lipinski definition) is 6. The van der Waals surface area contributed by atoms with Crippen molar-refractivity contribution in [2.45, 2.75) is 25.3 Å². The first-order valence-corrected chi connectivity index (χ1v) is 9.37. The number of nitrogens with zero attached hydrogens (tertiary/aromatic N) is 3. The van der Waals surface area contributed by atoms with Crippen LogP contribution in [0.4, 0.5) is 0 Å². The Morgan fingerprint density at radius 2 is 1.88 bits per heavy atom. The number of hydrogen-bond donors (Lipinski definition) is 1. The molecule has 0 unspecified atom stereocenters. The summed E-state index contributed by atoms with van der Waals surface area (Å²) in [7, 11) is -0.953. The van der Waals surface area contributed by atoms with E-state index in [9.17, 15) is 8.42 Å². The van der Waals surface area contributed by atoms with Gasteiger partial charge in [0.25, 0.3) is 0 Å². The molecule has 2 aromatic heterocycles. The second kappa shape index (κ2) is 6.93. The van der Waals surface area contributed by atoms with Gasteiger partial charge in [0.2, 0.25) is 10.0 Å². The Morgan fingerprint density at radius 3 is 2.58 bits per heavy atom. The molecule has 26 heavy (non-hydrogen) atoms. The first-order chi connectivity index (χ1) is 12.3. The van der Waals surface area contributed by atoms with Gasteiger partial charge in [0, 0.05) is 11.8 Å². The fraction of sp³-hybridized carbons (Fsp3) is 0.294. The zero-order valence-corrected chi connectivity index (χ0v) is 15.8. The molecule has 3 aromatic rings. The summed E-state index contributed by atoms with van der Waals surface area (Å²) in [5.41, 5.74) is 2.67. The van der Waals surface area contributed by atoms with E-state index in [0.29, 0.717) is 17.2 Å². The van der Waals surface area contributed by atoms with E-state index < -0.39 is 10.0 Å². The fourth-order valence-corrected chi connectivity index (χ4v) is 3.83. The van der Waals surface area contributed by atoms with Gasteiger partial charge in [-0.15, -0.1) is 5.10 Å². The van der Waals surface area contributed by atoms with Gasteiger partial charge in [-0.25, -0.2) is 22.6 Å². The molecule has 9 heteroatoms. The van der Waals surface area contributed by atoms with Crippen LogP contribution in [-0.4, -0.2) is 37.2 Å². The Hall–Kier alpha value is -2.65. The molecular formula is C17H20N4O4S. The molecule has 0 aliphatic rings. The zero-order valence-electron chi connectivity index (χ0n) is 15.0. The van der Waals surface area contributed by atoms with Gasteiger partial charge in [-0.1, -0.05) is 0 Å². The monoisotopic (exact) mass is 376 g/mol. The molecule has 0 bridgehead atoms. The minimum absolute atomic E-state index is 0.00450. The van der Waals surface area contributed by atoms with Crippen molar-refractivity contribution in [2.24, 2.45) is 0 Å². The molecule has 0 saturated heterocycles. The molecule has 0 aliphatic carbocycles. The van der Waals surface area contributed by atoms with Crippen LogP contribution in [0.15, 0.2) is 35.2 Å². The quantitative estimate of drug-likeness (QED) is 0.705. The molecule has 0 amide bonds. The van der Waals surface area contributed by atoms with E-state index in [1.807, 2.05) is 26.0 Å². The lowest BCUT2D eigenvalue weighted by molar-refractivity contribution is 0.392. The summed E-state index contributed by atoms with van der Waals surface area (Å²) in [4.78, 5) is 4.37. The molecule has 0 saturated carbocycles. The number of pyridine rings is 1. The molecule has 3 rings (SSSR count). The Kier molecular flexibility index (Phi) is 4.84. The average molecular weight is 376 g/mol. The van der Waals surface area contributed by atoms with Gasteiger partial charge in [0.15, 0.2) is 11.5 Å². The molecule has 0 fully saturated rings. The van der Waals surface area contributed by atoms with Crippen molar-refractivity contribution in [3.63, 3.8) is 0 Å². The Balaban J connectivity index is 1.88. The van der Waals surface area contributed by atoms with Crippen LogP contribution >= 0.6 is 0 Å². The van der Waals surface area contributed by atoms with Gasteiger partial charge in [-0.2, -0.15) is 0 Å². The maximum Gasteiger partial charge on any atom is 0.244 e. The number of sulfonamides is 1. The summed E-state index contributed by atoms with van der Waals surface area (Å²) < 4.78 is 39.8. The minimum Gasteiger partial charge on any atom is -0.497 e. The van der Waals surface area contributed by atoms with E-state index in [1.54, 1.807) is 16.6 Å². The van der Waals surface area contributed by atoms with E-state index in [2.05, 4.69) is 14.8 Å². The first-order valence-electron chi connectivity index (χ1n) is 7.88. The number of fused-ring (bicyclic) bond motifs is 1. The van der Waals surface area contributed by atoms with Crippen LogP contribution in [0.25, 0.3) is 5.65 Å². The van der Waals surface area contributed by atoms with Gasteiger partial charge in [0.05, 0.1) is 20.8 Å². The zero-order chi connectivity index (χ0) is 18.9. The topological polar surface area (TPSA) is 94.8 Å². The number of aryl methyl sites for hydroxylation is 2. The number of aromatic nitrogens is 3. The summed E-state index contributed by atoms with van der Waals surface area (Å²) in [6.07, 6.45) is 0. The largest absolute Gasteiger partial charge is 0.497 e. The minimum atomic E-state index is -3.83. The second-order valence-corrected chi connectivity index (χ2v) is 7.55. The number of nitrogens with one attached hydrogen (secondary N) is 1. The van der Waals surface area contributed by atoms with E-state index >= 15 is 0 Å². The molecule has 0 radical (unpaired) electrons. The lowest BCUT2D eigenvalue weighted by atomic mass is 10.2. The van der Waals surface area contributed by atoms with Gasteiger partial charge in [0.1, 0.15) is 16.4 Å². The molecule has 1 aromatic carbocycles. The third-order valence-electron chi connectivity index (χ3n) is 3.88. The smallest absolute Gasteiger partial charge is 0.244 e. The van der Waals surface area contributed by atoms with E-state index in [-0.39, 0.29) is 17.2 Å². The predicted octanol–water partition coefficient (Wildman–Crippen LogP) is 1.84. The first kappa shape index (κ1) is 18.2. The summed E-state index contributed by atoms with van der Waals surface area (Å²) in [5.74, 6) is 1.03. The van der Waals surface area contributed by atoms with Gasteiger partial charge >= 0.3 is 0 Å². The Morgan fingerprint density at radius 1 is 1.12 bits per heavy atom. The van der Waals surface area contributed by atoms with Crippen LogP contribution in [-0.2, 0) is 16.6 Å². The number of ether oxygens (including phenoxy) is 2. The van der Waals surface area contributed by atoms with E-state index in [4.69, 9.17) is 9.47 Å². The van der Waals surface area contributed by atoms with E-state index in [1.165, 1.54) is 20.3 Å². The maximum absolute atomic E-state index is 12.7. The maximum atomic E-state index is 12.7. The van der Waals surface area contributed by atoms with Crippen LogP contribution in [0.3, 0.4) is 0 Å². The highest BCUT2D eigenvalue weighted by atomic mass is 32.2. The third kappa shape index (κ3) is 3.49. The fourth-order valence-electron chi connectivity index (χ4n) is 2.66. The third-order valence-corrected chi connectivity index (χ3v) is 5.31. The highest BCUT2D eigenvalue weighted by molar-refractivity contribution is 7.89. The predicted molar refractivity (Wildman–Crippen MR) is 96.0 cm³/mol. The summed E-state index contributed by atoms with van der Waals surface area (Å²) in [5, 5.41) is 4.35. The van der Waals surface area contributed by atoms with Crippen LogP contribution in [0.2, 0.25) is 0 Å². The molecular weight excluding hydrogens is 356 g/mol. The summed E-state index contributed by atoms with van der Waals surface area (Å²) >= 11 is 0. The van der Waals surface area contributed by atoms with Crippen molar-refractivity contribution >= 4 is 15.7 Å². The second-order valence-electron chi connectivity index (χ2n) is 5.81. The number of benzene rings is 1. The van der Waals surface area contributed by atoms with Crippen molar-refractivity contribution in [1.82, 2.24) is 19.3 Å². The van der Waals surface area contributed by atoms with Crippen LogP contribution in [0, 0.1) is 13.8 Å². The molecule has 0 atom stereocenters. The summed E-state index contributed by atoms with van der Waals surface area (Å²) in [6.45, 7) is 3.85. The van der Waals surface area contributed by atoms with E-state index in [0.717, 1.165) is 11.3 Å². The normalized spacial score (nSPS) is 11.7. The number of rotatable bonds is 6. The van der Waals surface area contributed by atoms with Gasteiger partial charge in [-0.3, -0.25) is 0 Å². The molecule has 0 spiro atoms. The molecule has 2 heterocycles. The molecule has 138 valence electrons. The Labute approximate surface area is 151 Å². The highest BCUT2D eigenvalue weighted by Crippen LogP contribution is 2.28. The molecule has 0 aliphatic heterocycles. The van der Waals surface area contributed by atoms with Crippen molar-refractivity contribution in [1.29, 1.82) is 0 Å². The molecule has 8 nitrogen and oxygen atoms in total. The highest BCUT2D eigenvalue weighted by Gasteiger charge is 2.21. The van der Waals surface area contributed by atoms with Crippen molar-refractivity contribution in [3.05, 3.63) is 47.4 Å². The van der Waals surface area contributed by atoms with Crippen molar-refractivity contribution in [2.75, 3.05) is 14.2 Å².